The van der Waals surface area contributed by atoms with Crippen molar-refractivity contribution in [3.8, 4) is 0 Å². The molecule has 0 spiro atoms. The number of hydrogen-bond donors (Lipinski definition) is 2. The number of aromatic nitrogens is 1. The van der Waals surface area contributed by atoms with Gasteiger partial charge in [-0.3, -0.25) is 4.79 Å². The fraction of sp³-hybridized carbons (Fsp3) is 0. The number of halogens is 2. The Kier molecular flexibility index (Phi) is 4.26. The SMILES string of the molecule is NC(=S)c1ccc(Cl)c(NC(=O)c2ccc(F)cn2)c1. The van der Waals surface area contributed by atoms with Gasteiger partial charge in [-0.25, -0.2) is 9.37 Å². The van der Waals surface area contributed by atoms with Gasteiger partial charge in [0, 0.05) is 5.56 Å². The summed E-state index contributed by atoms with van der Waals surface area (Å²) in [5, 5.41) is 2.90. The number of rotatable bonds is 3. The average Bonchev–Trinajstić information content (AvgIpc) is 2.41. The second-order valence-electron chi connectivity index (χ2n) is 3.87. The van der Waals surface area contributed by atoms with E-state index in [1.165, 1.54) is 6.07 Å². The molecule has 0 atom stereocenters. The van der Waals surface area contributed by atoms with Crippen LogP contribution in [-0.4, -0.2) is 15.9 Å². The van der Waals surface area contributed by atoms with Crippen LogP contribution in [0.1, 0.15) is 16.1 Å². The first-order valence-electron chi connectivity index (χ1n) is 5.49. The summed E-state index contributed by atoms with van der Waals surface area (Å²) in [4.78, 5) is 15.8. The third kappa shape index (κ3) is 3.28. The summed E-state index contributed by atoms with van der Waals surface area (Å²) in [5.41, 5.74) is 6.52. The van der Waals surface area contributed by atoms with Crippen molar-refractivity contribution in [1.29, 1.82) is 0 Å². The molecule has 2 rings (SSSR count). The lowest BCUT2D eigenvalue weighted by molar-refractivity contribution is 0.102. The van der Waals surface area contributed by atoms with E-state index in [-0.39, 0.29) is 10.7 Å². The van der Waals surface area contributed by atoms with Crippen LogP contribution in [0.15, 0.2) is 36.5 Å². The molecule has 102 valence electrons. The maximum Gasteiger partial charge on any atom is 0.274 e. The second kappa shape index (κ2) is 5.94. The summed E-state index contributed by atoms with van der Waals surface area (Å²) in [6.07, 6.45) is 0.960. The normalized spacial score (nSPS) is 10.1. The van der Waals surface area contributed by atoms with E-state index in [1.54, 1.807) is 18.2 Å². The van der Waals surface area contributed by atoms with Crippen LogP contribution in [0.3, 0.4) is 0 Å². The highest BCUT2D eigenvalue weighted by atomic mass is 35.5. The number of pyridine rings is 1. The van der Waals surface area contributed by atoms with E-state index in [0.717, 1.165) is 12.3 Å². The molecular formula is C13H9ClFN3OS. The van der Waals surface area contributed by atoms with Crippen molar-refractivity contribution in [2.45, 2.75) is 0 Å². The van der Waals surface area contributed by atoms with Crippen LogP contribution in [0.2, 0.25) is 5.02 Å². The first kappa shape index (κ1) is 14.4. The molecule has 1 heterocycles. The molecule has 1 amide bonds. The number of nitrogens with two attached hydrogens (primary N) is 1. The zero-order valence-corrected chi connectivity index (χ0v) is 11.6. The van der Waals surface area contributed by atoms with Crippen LogP contribution < -0.4 is 11.1 Å². The molecule has 20 heavy (non-hydrogen) atoms. The Morgan fingerprint density at radius 1 is 1.35 bits per heavy atom. The van der Waals surface area contributed by atoms with E-state index < -0.39 is 11.7 Å². The number of carbonyl (C=O) groups is 1. The molecule has 0 radical (unpaired) electrons. The van der Waals surface area contributed by atoms with Crippen molar-refractivity contribution < 1.29 is 9.18 Å². The Morgan fingerprint density at radius 2 is 2.10 bits per heavy atom. The fourth-order valence-electron chi connectivity index (χ4n) is 1.47. The van der Waals surface area contributed by atoms with E-state index in [2.05, 4.69) is 10.3 Å². The van der Waals surface area contributed by atoms with Gasteiger partial charge in [0.1, 0.15) is 16.5 Å². The van der Waals surface area contributed by atoms with Crippen LogP contribution in [0, 0.1) is 5.82 Å². The molecular weight excluding hydrogens is 301 g/mol. The molecule has 0 fully saturated rings. The van der Waals surface area contributed by atoms with E-state index in [0.29, 0.717) is 16.3 Å². The zero-order valence-electron chi connectivity index (χ0n) is 10.1. The minimum Gasteiger partial charge on any atom is -0.389 e. The minimum atomic E-state index is -0.518. The van der Waals surface area contributed by atoms with E-state index in [1.807, 2.05) is 0 Å². The van der Waals surface area contributed by atoms with Crippen molar-refractivity contribution in [3.05, 3.63) is 58.6 Å². The zero-order chi connectivity index (χ0) is 14.7. The van der Waals surface area contributed by atoms with Crippen LogP contribution in [0.5, 0.6) is 0 Å². The molecule has 3 N–H and O–H groups in total. The molecule has 1 aromatic carbocycles. The lowest BCUT2D eigenvalue weighted by Crippen LogP contribution is -2.15. The Bertz CT molecular complexity index is 676. The number of benzene rings is 1. The number of nitrogens with one attached hydrogen (secondary N) is 1. The molecule has 0 unspecified atom stereocenters. The highest BCUT2D eigenvalue weighted by Gasteiger charge is 2.11. The minimum absolute atomic E-state index is 0.0724. The van der Waals surface area contributed by atoms with Gasteiger partial charge in [0.15, 0.2) is 0 Å². The molecule has 4 nitrogen and oxygen atoms in total. The summed E-state index contributed by atoms with van der Waals surface area (Å²) in [5.74, 6) is -1.03. The van der Waals surface area contributed by atoms with Gasteiger partial charge in [0.05, 0.1) is 16.9 Å². The van der Waals surface area contributed by atoms with Gasteiger partial charge in [-0.1, -0.05) is 29.9 Å². The highest BCUT2D eigenvalue weighted by Crippen LogP contribution is 2.23. The monoisotopic (exact) mass is 309 g/mol. The molecule has 7 heteroatoms. The van der Waals surface area contributed by atoms with Gasteiger partial charge in [0.25, 0.3) is 5.91 Å². The predicted octanol–water partition coefficient (Wildman–Crippen LogP) is 2.76. The first-order valence-corrected chi connectivity index (χ1v) is 6.28. The van der Waals surface area contributed by atoms with Gasteiger partial charge in [-0.15, -0.1) is 0 Å². The van der Waals surface area contributed by atoms with Crippen molar-refractivity contribution in [2.75, 3.05) is 5.32 Å². The molecule has 2 aromatic rings. The summed E-state index contributed by atoms with van der Waals surface area (Å²) in [6, 6.07) is 7.21. The molecule has 0 saturated heterocycles. The van der Waals surface area contributed by atoms with Crippen molar-refractivity contribution in [1.82, 2.24) is 4.98 Å². The number of thiocarbonyl (C=S) groups is 1. The van der Waals surface area contributed by atoms with Crippen LogP contribution in [0.4, 0.5) is 10.1 Å². The molecule has 0 aliphatic rings. The Morgan fingerprint density at radius 3 is 2.70 bits per heavy atom. The van der Waals surface area contributed by atoms with Crippen molar-refractivity contribution in [3.63, 3.8) is 0 Å². The molecule has 0 saturated carbocycles. The van der Waals surface area contributed by atoms with E-state index in [9.17, 15) is 9.18 Å². The van der Waals surface area contributed by atoms with Crippen molar-refractivity contribution >= 4 is 40.4 Å². The maximum absolute atomic E-state index is 12.7. The molecule has 0 bridgehead atoms. The van der Waals surface area contributed by atoms with Crippen molar-refractivity contribution in [2.24, 2.45) is 5.73 Å². The standard InChI is InChI=1S/C13H9ClFN3OS/c14-9-3-1-7(12(16)20)5-11(9)18-13(19)10-4-2-8(15)6-17-10/h1-6H,(H2,16,20)(H,18,19). The summed E-state index contributed by atoms with van der Waals surface area (Å²) < 4.78 is 12.7. The first-order chi connectivity index (χ1) is 9.47. The number of anilines is 1. The highest BCUT2D eigenvalue weighted by molar-refractivity contribution is 7.80. The van der Waals surface area contributed by atoms with Gasteiger partial charge in [0.2, 0.25) is 0 Å². The summed E-state index contributed by atoms with van der Waals surface area (Å²) in [6.45, 7) is 0. The maximum atomic E-state index is 12.7. The molecule has 0 aliphatic carbocycles. The Labute approximate surface area is 124 Å². The number of nitrogens with zero attached hydrogens (tertiary/aromatic N) is 1. The van der Waals surface area contributed by atoms with Crippen LogP contribution in [0.25, 0.3) is 0 Å². The number of carbonyl (C=O) groups excluding carboxylic acids is 1. The topological polar surface area (TPSA) is 68.0 Å². The third-order valence-electron chi connectivity index (χ3n) is 2.46. The third-order valence-corrected chi connectivity index (χ3v) is 3.02. The van der Waals surface area contributed by atoms with Gasteiger partial charge >= 0.3 is 0 Å². The van der Waals surface area contributed by atoms with Gasteiger partial charge in [-0.2, -0.15) is 0 Å². The number of hydrogen-bond acceptors (Lipinski definition) is 3. The van der Waals surface area contributed by atoms with Gasteiger partial charge in [-0.05, 0) is 24.3 Å². The molecule has 1 aromatic heterocycles. The lowest BCUT2D eigenvalue weighted by atomic mass is 10.2. The predicted molar refractivity (Wildman–Crippen MR) is 79.5 cm³/mol. The lowest BCUT2D eigenvalue weighted by Gasteiger charge is -2.08. The quantitative estimate of drug-likeness (QED) is 0.856. The largest absolute Gasteiger partial charge is 0.389 e. The van der Waals surface area contributed by atoms with Crippen LogP contribution >= 0.6 is 23.8 Å². The van der Waals surface area contributed by atoms with Gasteiger partial charge < -0.3 is 11.1 Å². The average molecular weight is 310 g/mol. The Balaban J connectivity index is 2.25. The van der Waals surface area contributed by atoms with E-state index >= 15 is 0 Å². The molecule has 0 aliphatic heterocycles. The summed E-state index contributed by atoms with van der Waals surface area (Å²) in [7, 11) is 0. The van der Waals surface area contributed by atoms with E-state index in [4.69, 9.17) is 29.6 Å². The van der Waals surface area contributed by atoms with Crippen LogP contribution in [-0.2, 0) is 0 Å². The smallest absolute Gasteiger partial charge is 0.274 e. The Hall–Kier alpha value is -2.05. The summed E-state index contributed by atoms with van der Waals surface area (Å²) >= 11 is 10.8. The number of amides is 1. The fourth-order valence-corrected chi connectivity index (χ4v) is 1.76. The second-order valence-corrected chi connectivity index (χ2v) is 4.72.